The van der Waals surface area contributed by atoms with Crippen molar-refractivity contribution in [1.82, 2.24) is 14.9 Å². The third kappa shape index (κ3) is 4.92. The first-order valence-corrected chi connectivity index (χ1v) is 12.3. The van der Waals surface area contributed by atoms with Crippen LogP contribution < -0.4 is 4.90 Å². The number of hydrogen-bond donors (Lipinski definition) is 1. The molecule has 2 fully saturated rings. The zero-order valence-electron chi connectivity index (χ0n) is 20.8. The van der Waals surface area contributed by atoms with Gasteiger partial charge in [-0.15, -0.1) is 12.4 Å². The highest BCUT2D eigenvalue weighted by atomic mass is 35.5. The fourth-order valence-electron chi connectivity index (χ4n) is 5.98. The average Bonchev–Trinajstić information content (AvgIpc) is 3.32. The molecule has 0 aliphatic carbocycles. The van der Waals surface area contributed by atoms with Crippen molar-refractivity contribution in [2.45, 2.75) is 25.4 Å². The average molecular weight is 529 g/mol. The van der Waals surface area contributed by atoms with Gasteiger partial charge in [0.25, 0.3) is 0 Å². The number of hydrogen-bond acceptors (Lipinski definition) is 5. The molecule has 2 unspecified atom stereocenters. The van der Waals surface area contributed by atoms with E-state index in [1.54, 1.807) is 23.4 Å². The summed E-state index contributed by atoms with van der Waals surface area (Å²) in [6.07, 6.45) is 3.26. The van der Waals surface area contributed by atoms with Crippen LogP contribution >= 0.6 is 12.4 Å². The zero-order valence-corrected chi connectivity index (χ0v) is 21.6. The summed E-state index contributed by atoms with van der Waals surface area (Å²) in [5.74, 6) is -2.40. The van der Waals surface area contributed by atoms with Gasteiger partial charge in [0.15, 0.2) is 0 Å². The molecule has 2 aliphatic rings. The van der Waals surface area contributed by atoms with Crippen LogP contribution in [0.1, 0.15) is 30.9 Å². The van der Waals surface area contributed by atoms with Gasteiger partial charge in [0.05, 0.1) is 11.5 Å². The first kappa shape index (κ1) is 26.9. The highest BCUT2D eigenvalue weighted by molar-refractivity contribution is 5.85. The van der Waals surface area contributed by atoms with Crippen LogP contribution in [0.4, 0.5) is 14.7 Å². The molecule has 0 bridgehead atoms. The lowest BCUT2D eigenvalue weighted by molar-refractivity contribution is -0.152. The van der Waals surface area contributed by atoms with Gasteiger partial charge >= 0.3 is 0 Å². The Balaban J connectivity index is 0.00000320. The molecule has 0 radical (unpaired) electrons. The van der Waals surface area contributed by atoms with Crippen LogP contribution in [0, 0.1) is 29.4 Å². The summed E-state index contributed by atoms with van der Waals surface area (Å²) in [6, 6.07) is 14.8. The van der Waals surface area contributed by atoms with E-state index < -0.39 is 29.1 Å². The lowest BCUT2D eigenvalue weighted by Gasteiger charge is -2.48. The number of benzene rings is 2. The van der Waals surface area contributed by atoms with E-state index in [-0.39, 0.29) is 30.2 Å². The monoisotopic (exact) mass is 528 g/mol. The van der Waals surface area contributed by atoms with Crippen molar-refractivity contribution in [3.8, 4) is 0 Å². The lowest BCUT2D eigenvalue weighted by atomic mass is 9.70. The number of likely N-dealkylation sites (tertiary alicyclic amines) is 1. The molecule has 9 heteroatoms. The predicted molar refractivity (Wildman–Crippen MR) is 139 cm³/mol. The molecule has 2 saturated heterocycles. The number of amides is 1. The minimum Gasteiger partial charge on any atom is -0.384 e. The molecule has 4 atom stereocenters. The largest absolute Gasteiger partial charge is 0.384 e. The maximum Gasteiger partial charge on any atom is 0.228 e. The smallest absolute Gasteiger partial charge is 0.228 e. The van der Waals surface area contributed by atoms with E-state index in [0.717, 1.165) is 11.6 Å². The van der Waals surface area contributed by atoms with Gasteiger partial charge in [0.2, 0.25) is 11.9 Å². The van der Waals surface area contributed by atoms with Gasteiger partial charge in [-0.3, -0.25) is 4.79 Å². The van der Waals surface area contributed by atoms with E-state index in [9.17, 15) is 18.7 Å². The number of nitrogens with zero attached hydrogens (tertiary/aromatic N) is 4. The van der Waals surface area contributed by atoms with Crippen molar-refractivity contribution in [2.75, 3.05) is 31.1 Å². The summed E-state index contributed by atoms with van der Waals surface area (Å²) in [5, 5.41) is 11.7. The molecule has 2 aliphatic heterocycles. The minimum absolute atomic E-state index is 0. The Morgan fingerprint density at radius 3 is 2.22 bits per heavy atom. The van der Waals surface area contributed by atoms with Gasteiger partial charge in [0, 0.05) is 62.4 Å². The molecule has 5 rings (SSSR count). The van der Waals surface area contributed by atoms with Crippen molar-refractivity contribution in [1.29, 1.82) is 0 Å². The molecule has 2 aromatic carbocycles. The van der Waals surface area contributed by atoms with Gasteiger partial charge in [-0.05, 0) is 23.3 Å². The van der Waals surface area contributed by atoms with Gasteiger partial charge in [-0.25, -0.2) is 18.7 Å². The highest BCUT2D eigenvalue weighted by Gasteiger charge is 2.49. The first-order valence-electron chi connectivity index (χ1n) is 12.3. The summed E-state index contributed by atoms with van der Waals surface area (Å²) in [4.78, 5) is 26.3. The Morgan fingerprint density at radius 2 is 1.59 bits per heavy atom. The first-order chi connectivity index (χ1) is 17.3. The topological polar surface area (TPSA) is 69.6 Å². The van der Waals surface area contributed by atoms with Crippen LogP contribution in [0.25, 0.3) is 0 Å². The maximum absolute atomic E-state index is 14.9. The molecule has 3 aromatic rings. The number of carbonyl (C=O) groups is 1. The summed E-state index contributed by atoms with van der Waals surface area (Å²) in [6.45, 7) is 5.34. The predicted octanol–water partition coefficient (Wildman–Crippen LogP) is 4.40. The highest BCUT2D eigenvalue weighted by Crippen LogP contribution is 2.43. The summed E-state index contributed by atoms with van der Waals surface area (Å²) >= 11 is 0. The van der Waals surface area contributed by atoms with Crippen molar-refractivity contribution in [3.63, 3.8) is 0 Å². The second kappa shape index (κ2) is 10.7. The van der Waals surface area contributed by atoms with Crippen LogP contribution in [-0.4, -0.2) is 52.1 Å². The summed E-state index contributed by atoms with van der Waals surface area (Å²) < 4.78 is 28.5. The number of aliphatic hydroxyl groups is 1. The van der Waals surface area contributed by atoms with Gasteiger partial charge < -0.3 is 14.9 Å². The number of rotatable bonds is 4. The van der Waals surface area contributed by atoms with Crippen molar-refractivity contribution < 1.29 is 18.7 Å². The van der Waals surface area contributed by atoms with Crippen molar-refractivity contribution in [2.24, 2.45) is 17.8 Å². The molecule has 6 nitrogen and oxygen atoms in total. The standard InChI is InChI=1S/C28H30F2N4O2.ClH/c1-18-14-33(15-19(2)28(18,36)20-7-4-3-5-8-20)26(35)24-17-34(27-31-11-6-12-32-27)16-23(24)22-10-9-21(29)13-25(22)30;/h3-13,18-19,23-24,36H,14-17H2,1-2H3;1H/t18?,19?,23-,24+,28?;/m0./s1. The van der Waals surface area contributed by atoms with E-state index >= 15 is 0 Å². The normalized spacial score (nSPS) is 27.6. The molecule has 1 aromatic heterocycles. The van der Waals surface area contributed by atoms with Crippen LogP contribution in [0.2, 0.25) is 0 Å². The van der Waals surface area contributed by atoms with E-state index in [1.165, 1.54) is 12.1 Å². The molecular weight excluding hydrogens is 498 g/mol. The van der Waals surface area contributed by atoms with Crippen LogP contribution in [-0.2, 0) is 10.4 Å². The van der Waals surface area contributed by atoms with Crippen LogP contribution in [0.5, 0.6) is 0 Å². The fraction of sp³-hybridized carbons (Fsp3) is 0.393. The summed E-state index contributed by atoms with van der Waals surface area (Å²) in [5.41, 5.74) is 0.101. The molecule has 3 heterocycles. The number of anilines is 1. The second-order valence-corrected chi connectivity index (χ2v) is 10.1. The SMILES string of the molecule is CC1CN(C(=O)[C@@H]2CN(c3ncccn3)C[C@H]2c2ccc(F)cc2F)CC(C)C1(O)c1ccccc1.Cl. The number of carbonyl (C=O) groups excluding carboxylic acids is 1. The molecule has 1 amide bonds. The van der Waals surface area contributed by atoms with Crippen molar-refractivity contribution >= 4 is 24.3 Å². The fourth-order valence-corrected chi connectivity index (χ4v) is 5.98. The van der Waals surface area contributed by atoms with Gasteiger partial charge in [-0.1, -0.05) is 50.2 Å². The Bertz CT molecular complexity index is 1220. The summed E-state index contributed by atoms with van der Waals surface area (Å²) in [7, 11) is 0. The quantitative estimate of drug-likeness (QED) is 0.543. The Hall–Kier alpha value is -3.10. The Labute approximate surface area is 221 Å². The molecule has 0 saturated carbocycles. The second-order valence-electron chi connectivity index (χ2n) is 10.1. The van der Waals surface area contributed by atoms with Crippen molar-refractivity contribution in [3.05, 3.63) is 89.8 Å². The van der Waals surface area contributed by atoms with E-state index in [1.807, 2.05) is 49.1 Å². The van der Waals surface area contributed by atoms with E-state index in [2.05, 4.69) is 9.97 Å². The van der Waals surface area contributed by atoms with E-state index in [4.69, 9.17) is 0 Å². The van der Waals surface area contributed by atoms with Gasteiger partial charge in [-0.2, -0.15) is 0 Å². The van der Waals surface area contributed by atoms with Crippen LogP contribution in [0.3, 0.4) is 0 Å². The van der Waals surface area contributed by atoms with E-state index in [0.29, 0.717) is 37.7 Å². The minimum atomic E-state index is -1.06. The molecule has 0 spiro atoms. The number of piperidine rings is 1. The third-order valence-electron chi connectivity index (χ3n) is 7.87. The number of halogens is 3. The van der Waals surface area contributed by atoms with Gasteiger partial charge in [0.1, 0.15) is 11.6 Å². The van der Waals surface area contributed by atoms with Crippen LogP contribution in [0.15, 0.2) is 67.0 Å². The Kier molecular flexibility index (Phi) is 7.80. The maximum atomic E-state index is 14.9. The molecule has 1 N–H and O–H groups in total. The molecule has 196 valence electrons. The lowest BCUT2D eigenvalue weighted by Crippen LogP contribution is -2.57. The third-order valence-corrected chi connectivity index (χ3v) is 7.87. The molecular formula is C28H31ClF2N4O2. The zero-order chi connectivity index (χ0) is 25.4. The molecule has 37 heavy (non-hydrogen) atoms. The Morgan fingerprint density at radius 1 is 0.946 bits per heavy atom. The number of aromatic nitrogens is 2.